The number of hydrogen-bond acceptors (Lipinski definition) is 4. The highest BCUT2D eigenvalue weighted by atomic mass is 16.5. The zero-order valence-electron chi connectivity index (χ0n) is 9.15. The quantitative estimate of drug-likeness (QED) is 0.768. The minimum absolute atomic E-state index is 0.295. The fraction of sp³-hybridized carbons (Fsp3) is 0.273. The second kappa shape index (κ2) is 4.22. The molecule has 0 radical (unpaired) electrons. The van der Waals surface area contributed by atoms with Crippen LogP contribution in [0.5, 0.6) is 0 Å². The smallest absolute Gasteiger partial charge is 0.327 e. The van der Waals surface area contributed by atoms with Crippen molar-refractivity contribution in [2.45, 2.75) is 13.0 Å². The van der Waals surface area contributed by atoms with E-state index in [2.05, 4.69) is 20.3 Å². The van der Waals surface area contributed by atoms with Gasteiger partial charge in [-0.25, -0.2) is 4.79 Å². The van der Waals surface area contributed by atoms with E-state index in [0.717, 1.165) is 16.6 Å². The lowest BCUT2D eigenvalue weighted by Gasteiger charge is -2.13. The molecule has 2 N–H and O–H groups in total. The molecule has 5 heteroatoms. The molecule has 0 aliphatic carbocycles. The Labute approximate surface area is 92.8 Å². The first-order valence-corrected chi connectivity index (χ1v) is 4.99. The number of hydrogen-bond donors (Lipinski definition) is 2. The molecule has 2 rings (SSSR count). The third-order valence-corrected chi connectivity index (χ3v) is 2.40. The molecule has 1 heterocycles. The van der Waals surface area contributed by atoms with Crippen LogP contribution in [0.15, 0.2) is 24.4 Å². The molecule has 1 aromatic carbocycles. The Morgan fingerprint density at radius 2 is 2.38 bits per heavy atom. The summed E-state index contributed by atoms with van der Waals surface area (Å²) in [5.41, 5.74) is 1.73. The van der Waals surface area contributed by atoms with Gasteiger partial charge < -0.3 is 10.1 Å². The van der Waals surface area contributed by atoms with Gasteiger partial charge in [-0.15, -0.1) is 0 Å². The maximum absolute atomic E-state index is 11.3. The number of aromatic nitrogens is 2. The highest BCUT2D eigenvalue weighted by Crippen LogP contribution is 2.21. The number of nitrogens with zero attached hydrogens (tertiary/aromatic N) is 1. The molecule has 5 nitrogen and oxygen atoms in total. The summed E-state index contributed by atoms with van der Waals surface area (Å²) in [5, 5.41) is 10.9. The molecule has 0 aliphatic rings. The first-order chi connectivity index (χ1) is 7.72. The number of anilines is 1. The number of para-hydroxylation sites is 1. The molecule has 0 saturated heterocycles. The molecule has 16 heavy (non-hydrogen) atoms. The summed E-state index contributed by atoms with van der Waals surface area (Å²) in [6, 6.07) is 5.36. The topological polar surface area (TPSA) is 67.0 Å². The molecular weight excluding hydrogens is 206 g/mol. The van der Waals surface area contributed by atoms with Crippen molar-refractivity contribution >= 4 is 22.6 Å². The number of benzene rings is 1. The molecule has 2 aromatic rings. The van der Waals surface area contributed by atoms with Crippen LogP contribution in [-0.2, 0) is 9.53 Å². The minimum Gasteiger partial charge on any atom is -0.467 e. The van der Waals surface area contributed by atoms with Crippen LogP contribution in [0.2, 0.25) is 0 Å². The molecule has 0 saturated carbocycles. The lowest BCUT2D eigenvalue weighted by Crippen LogP contribution is -2.27. The highest BCUT2D eigenvalue weighted by Gasteiger charge is 2.13. The van der Waals surface area contributed by atoms with Crippen molar-refractivity contribution in [1.29, 1.82) is 0 Å². The lowest BCUT2D eigenvalue weighted by atomic mass is 10.2. The van der Waals surface area contributed by atoms with Crippen LogP contribution in [-0.4, -0.2) is 29.3 Å². The second-order valence-electron chi connectivity index (χ2n) is 3.53. The number of fused-ring (bicyclic) bond motifs is 1. The summed E-state index contributed by atoms with van der Waals surface area (Å²) in [6.07, 6.45) is 1.74. The van der Waals surface area contributed by atoms with E-state index in [1.807, 2.05) is 18.2 Å². The largest absolute Gasteiger partial charge is 0.467 e. The second-order valence-corrected chi connectivity index (χ2v) is 3.53. The van der Waals surface area contributed by atoms with E-state index < -0.39 is 0 Å². The van der Waals surface area contributed by atoms with E-state index in [1.54, 1.807) is 13.1 Å². The SMILES string of the molecule is COC(=O)C(C)Nc1cccc2cn[nH]c12. The molecule has 0 fully saturated rings. The van der Waals surface area contributed by atoms with Gasteiger partial charge in [0, 0.05) is 5.39 Å². The van der Waals surface area contributed by atoms with Crippen LogP contribution in [0.1, 0.15) is 6.92 Å². The predicted octanol–water partition coefficient (Wildman–Crippen LogP) is 1.54. The third-order valence-electron chi connectivity index (χ3n) is 2.40. The molecule has 0 bridgehead atoms. The number of ether oxygens (including phenoxy) is 1. The highest BCUT2D eigenvalue weighted by molar-refractivity contribution is 5.91. The summed E-state index contributed by atoms with van der Waals surface area (Å²) in [4.78, 5) is 11.3. The van der Waals surface area contributed by atoms with E-state index in [9.17, 15) is 4.79 Å². The number of methoxy groups -OCH3 is 1. The maximum Gasteiger partial charge on any atom is 0.327 e. The molecule has 84 valence electrons. The average molecular weight is 219 g/mol. The molecule has 1 unspecified atom stereocenters. The Morgan fingerprint density at radius 1 is 1.56 bits per heavy atom. The van der Waals surface area contributed by atoms with Crippen molar-refractivity contribution < 1.29 is 9.53 Å². The van der Waals surface area contributed by atoms with Crippen LogP contribution < -0.4 is 5.32 Å². The van der Waals surface area contributed by atoms with Gasteiger partial charge >= 0.3 is 5.97 Å². The first kappa shape index (κ1) is 10.5. The summed E-state index contributed by atoms with van der Waals surface area (Å²) in [6.45, 7) is 1.75. The molecule has 1 atom stereocenters. The number of carbonyl (C=O) groups excluding carboxylic acids is 1. The van der Waals surface area contributed by atoms with Crippen LogP contribution >= 0.6 is 0 Å². The van der Waals surface area contributed by atoms with Crippen molar-refractivity contribution in [2.24, 2.45) is 0 Å². The minimum atomic E-state index is -0.390. The number of aromatic amines is 1. The fourth-order valence-corrected chi connectivity index (χ4v) is 1.56. The molecule has 0 amide bonds. The standard InChI is InChI=1S/C11H13N3O2/c1-7(11(15)16-2)13-9-5-3-4-8-6-12-14-10(8)9/h3-7,13H,1-2H3,(H,12,14). The number of nitrogens with one attached hydrogen (secondary N) is 2. The number of H-pyrrole nitrogens is 1. The van der Waals surface area contributed by atoms with Crippen molar-refractivity contribution in [3.05, 3.63) is 24.4 Å². The van der Waals surface area contributed by atoms with Gasteiger partial charge in [0.25, 0.3) is 0 Å². The monoisotopic (exact) mass is 219 g/mol. The van der Waals surface area contributed by atoms with E-state index in [-0.39, 0.29) is 12.0 Å². The maximum atomic E-state index is 11.3. The van der Waals surface area contributed by atoms with E-state index in [1.165, 1.54) is 7.11 Å². The van der Waals surface area contributed by atoms with Gasteiger partial charge in [-0.3, -0.25) is 5.10 Å². The molecule has 0 spiro atoms. The van der Waals surface area contributed by atoms with Gasteiger partial charge in [-0.2, -0.15) is 5.10 Å². The van der Waals surface area contributed by atoms with E-state index in [4.69, 9.17) is 0 Å². The van der Waals surface area contributed by atoms with Gasteiger partial charge in [0.1, 0.15) is 6.04 Å². The summed E-state index contributed by atoms with van der Waals surface area (Å²) < 4.78 is 4.65. The normalized spacial score (nSPS) is 12.4. The Balaban J connectivity index is 2.27. The van der Waals surface area contributed by atoms with Gasteiger partial charge in [-0.1, -0.05) is 12.1 Å². The summed E-state index contributed by atoms with van der Waals surface area (Å²) >= 11 is 0. The van der Waals surface area contributed by atoms with Crippen molar-refractivity contribution in [2.75, 3.05) is 12.4 Å². The van der Waals surface area contributed by atoms with E-state index >= 15 is 0 Å². The first-order valence-electron chi connectivity index (χ1n) is 4.99. The molecule has 0 aliphatic heterocycles. The van der Waals surface area contributed by atoms with Crippen molar-refractivity contribution in [3.63, 3.8) is 0 Å². The van der Waals surface area contributed by atoms with Crippen LogP contribution in [0.25, 0.3) is 10.9 Å². The van der Waals surface area contributed by atoms with Gasteiger partial charge in [0.15, 0.2) is 0 Å². The van der Waals surface area contributed by atoms with Gasteiger partial charge in [0.2, 0.25) is 0 Å². The van der Waals surface area contributed by atoms with Crippen LogP contribution in [0, 0.1) is 0 Å². The Bertz CT molecular complexity index is 507. The van der Waals surface area contributed by atoms with E-state index in [0.29, 0.717) is 0 Å². The zero-order valence-corrected chi connectivity index (χ0v) is 9.15. The Hall–Kier alpha value is -2.04. The van der Waals surface area contributed by atoms with Crippen LogP contribution in [0.3, 0.4) is 0 Å². The third kappa shape index (κ3) is 1.84. The number of carbonyl (C=O) groups is 1. The van der Waals surface area contributed by atoms with Crippen molar-refractivity contribution in [1.82, 2.24) is 10.2 Å². The average Bonchev–Trinajstić information content (AvgIpc) is 2.77. The zero-order chi connectivity index (χ0) is 11.5. The number of rotatable bonds is 3. The number of esters is 1. The van der Waals surface area contributed by atoms with Gasteiger partial charge in [-0.05, 0) is 13.0 Å². The van der Waals surface area contributed by atoms with Crippen LogP contribution in [0.4, 0.5) is 5.69 Å². The molecule has 1 aromatic heterocycles. The molecular formula is C11H13N3O2. The predicted molar refractivity (Wildman–Crippen MR) is 61.2 cm³/mol. The lowest BCUT2D eigenvalue weighted by molar-refractivity contribution is -0.141. The fourth-order valence-electron chi connectivity index (χ4n) is 1.56. The summed E-state index contributed by atoms with van der Waals surface area (Å²) in [5.74, 6) is -0.295. The Kier molecular flexibility index (Phi) is 2.76. The summed E-state index contributed by atoms with van der Waals surface area (Å²) in [7, 11) is 1.37. The van der Waals surface area contributed by atoms with Gasteiger partial charge in [0.05, 0.1) is 24.5 Å². The van der Waals surface area contributed by atoms with Crippen molar-refractivity contribution in [3.8, 4) is 0 Å². The Morgan fingerprint density at radius 3 is 3.12 bits per heavy atom.